The summed E-state index contributed by atoms with van der Waals surface area (Å²) in [6, 6.07) is 9.44. The Bertz CT molecular complexity index is 146. The van der Waals surface area contributed by atoms with Crippen molar-refractivity contribution in [3.05, 3.63) is 35.4 Å². The van der Waals surface area contributed by atoms with E-state index in [4.69, 9.17) is 11.6 Å². The van der Waals surface area contributed by atoms with Crippen molar-refractivity contribution in [3.63, 3.8) is 0 Å². The van der Waals surface area contributed by atoms with E-state index in [1.165, 1.54) is 0 Å². The summed E-state index contributed by atoms with van der Waals surface area (Å²) in [6.07, 6.45) is 0. The molecule has 0 saturated carbocycles. The Hall–Kier alpha value is 1.38. The maximum absolute atomic E-state index is 5.54. The van der Waals surface area contributed by atoms with Crippen LogP contribution in [0.25, 0.3) is 0 Å². The second-order valence-corrected chi connectivity index (χ2v) is 1.73. The summed E-state index contributed by atoms with van der Waals surface area (Å²) in [6.45, 7) is 0. The van der Waals surface area contributed by atoms with Gasteiger partial charge in [0.2, 0.25) is 0 Å². The van der Waals surface area contributed by atoms with Crippen LogP contribution in [0.1, 0.15) is 0 Å². The summed E-state index contributed by atoms with van der Waals surface area (Å²) in [5.74, 6) is 0. The van der Waals surface area contributed by atoms with Crippen molar-refractivity contribution < 1.29 is 21.7 Å². The van der Waals surface area contributed by atoms with Crippen molar-refractivity contribution in [2.75, 3.05) is 0 Å². The maximum Gasteiger partial charge on any atom is 0.0405 e. The van der Waals surface area contributed by atoms with Crippen molar-refractivity contribution in [1.29, 1.82) is 0 Å². The second-order valence-electron chi connectivity index (χ2n) is 1.30. The van der Waals surface area contributed by atoms with Gasteiger partial charge in [-0.15, -0.1) is 49.6 Å². The standard InChI is InChI=1S/C6H5Cl.4ClH.Ti/c7-6-4-2-1-3-5-6;;;;;/h1-5H;4*1H;. The van der Waals surface area contributed by atoms with Crippen LogP contribution in [0, 0.1) is 0 Å². The maximum atomic E-state index is 5.54. The molecule has 0 fully saturated rings. The van der Waals surface area contributed by atoms with E-state index in [2.05, 4.69) is 0 Å². The molecule has 1 rings (SSSR count). The van der Waals surface area contributed by atoms with Crippen molar-refractivity contribution in [2.24, 2.45) is 0 Å². The topological polar surface area (TPSA) is 0 Å². The zero-order valence-electron chi connectivity index (χ0n) is 5.90. The predicted molar refractivity (Wildman–Crippen MR) is 60.4 cm³/mol. The quantitative estimate of drug-likeness (QED) is 0.635. The van der Waals surface area contributed by atoms with Crippen LogP contribution in [0.5, 0.6) is 0 Å². The molecule has 0 saturated heterocycles. The first-order chi connectivity index (χ1) is 3.39. The molecule has 0 spiro atoms. The fourth-order valence-corrected chi connectivity index (χ4v) is 0.560. The predicted octanol–water partition coefficient (Wildman–Crippen LogP) is 4.02. The van der Waals surface area contributed by atoms with Gasteiger partial charge in [-0.2, -0.15) is 0 Å². The Balaban J connectivity index is -0.0000000327. The van der Waals surface area contributed by atoms with E-state index >= 15 is 0 Å². The molecule has 0 aliphatic carbocycles. The normalized spacial score (nSPS) is 5.08. The van der Waals surface area contributed by atoms with Crippen LogP contribution in [-0.2, 0) is 21.7 Å². The molecule has 1 aromatic carbocycles. The summed E-state index contributed by atoms with van der Waals surface area (Å²) in [5.41, 5.74) is 0. The van der Waals surface area contributed by atoms with E-state index in [-0.39, 0.29) is 71.3 Å². The van der Waals surface area contributed by atoms with Gasteiger partial charge in [-0.25, -0.2) is 0 Å². The average molecular weight is 306 g/mol. The minimum absolute atomic E-state index is 0. The molecule has 0 unspecified atom stereocenters. The molecule has 0 atom stereocenters. The zero-order chi connectivity index (χ0) is 5.11. The Morgan fingerprint density at radius 1 is 0.750 bits per heavy atom. The second kappa shape index (κ2) is 18.2. The summed E-state index contributed by atoms with van der Waals surface area (Å²) in [5, 5.41) is 0.794. The third-order valence-electron chi connectivity index (χ3n) is 0.733. The molecule has 12 heavy (non-hydrogen) atoms. The third kappa shape index (κ3) is 13.9. The number of rotatable bonds is 0. The SMILES string of the molecule is Cl.Cl.Cl.Cl.Clc1ccccc1.[Ti]. The summed E-state index contributed by atoms with van der Waals surface area (Å²) in [4.78, 5) is 0. The summed E-state index contributed by atoms with van der Waals surface area (Å²) < 4.78 is 0. The number of benzene rings is 1. The first-order valence-electron chi connectivity index (χ1n) is 2.10. The molecule has 72 valence electrons. The smallest absolute Gasteiger partial charge is 0.0405 e. The van der Waals surface area contributed by atoms with Crippen LogP contribution < -0.4 is 0 Å². The van der Waals surface area contributed by atoms with E-state index in [9.17, 15) is 0 Å². The van der Waals surface area contributed by atoms with Crippen LogP contribution in [0.2, 0.25) is 5.02 Å². The van der Waals surface area contributed by atoms with E-state index in [0.717, 1.165) is 5.02 Å². The van der Waals surface area contributed by atoms with Crippen molar-refractivity contribution >= 4 is 61.2 Å². The summed E-state index contributed by atoms with van der Waals surface area (Å²) >= 11 is 5.54. The van der Waals surface area contributed by atoms with Gasteiger partial charge in [0.25, 0.3) is 0 Å². The van der Waals surface area contributed by atoms with Gasteiger partial charge in [0.05, 0.1) is 0 Å². The van der Waals surface area contributed by atoms with Crippen molar-refractivity contribution in [1.82, 2.24) is 0 Å². The van der Waals surface area contributed by atoms with E-state index in [0.29, 0.717) is 0 Å². The van der Waals surface area contributed by atoms with Gasteiger partial charge in [-0.05, 0) is 12.1 Å². The molecule has 0 aliphatic heterocycles. The minimum Gasteiger partial charge on any atom is -0.147 e. The molecule has 0 bridgehead atoms. The molecule has 1 aromatic rings. The van der Waals surface area contributed by atoms with Crippen LogP contribution in [0.15, 0.2) is 30.3 Å². The van der Waals surface area contributed by atoms with Crippen LogP contribution >= 0.6 is 61.2 Å². The Morgan fingerprint density at radius 2 is 1.08 bits per heavy atom. The molecule has 0 nitrogen and oxygen atoms in total. The average Bonchev–Trinajstić information content (AvgIpc) is 1.69. The van der Waals surface area contributed by atoms with Crippen molar-refractivity contribution in [2.45, 2.75) is 0 Å². The fourth-order valence-electron chi connectivity index (χ4n) is 0.415. The van der Waals surface area contributed by atoms with Crippen LogP contribution in [0.3, 0.4) is 0 Å². The number of hydrogen-bond acceptors (Lipinski definition) is 0. The molecule has 6 heteroatoms. The molecule has 0 amide bonds. The van der Waals surface area contributed by atoms with Gasteiger partial charge in [0.1, 0.15) is 0 Å². The Kier molecular flexibility index (Phi) is 44.4. The van der Waals surface area contributed by atoms with E-state index in [1.807, 2.05) is 30.3 Å². The molecular formula is C6H9Cl5Ti. The molecule has 0 radical (unpaired) electrons. The molecular weight excluding hydrogens is 297 g/mol. The van der Waals surface area contributed by atoms with Gasteiger partial charge in [0, 0.05) is 26.7 Å². The van der Waals surface area contributed by atoms with Gasteiger partial charge in [0.15, 0.2) is 0 Å². The van der Waals surface area contributed by atoms with Gasteiger partial charge < -0.3 is 0 Å². The van der Waals surface area contributed by atoms with Crippen LogP contribution in [-0.4, -0.2) is 0 Å². The largest absolute Gasteiger partial charge is 0.147 e. The number of halogens is 5. The molecule has 0 aliphatic rings. The van der Waals surface area contributed by atoms with Gasteiger partial charge >= 0.3 is 0 Å². The van der Waals surface area contributed by atoms with E-state index in [1.54, 1.807) is 0 Å². The van der Waals surface area contributed by atoms with Gasteiger partial charge in [-0.1, -0.05) is 29.8 Å². The van der Waals surface area contributed by atoms with E-state index < -0.39 is 0 Å². The zero-order valence-corrected chi connectivity index (χ0v) is 11.5. The van der Waals surface area contributed by atoms with Crippen molar-refractivity contribution in [3.8, 4) is 0 Å². The molecule has 0 aromatic heterocycles. The van der Waals surface area contributed by atoms with Gasteiger partial charge in [-0.3, -0.25) is 0 Å². The minimum atomic E-state index is 0. The molecule has 0 N–H and O–H groups in total. The first-order valence-corrected chi connectivity index (χ1v) is 2.48. The first kappa shape index (κ1) is 29.2. The van der Waals surface area contributed by atoms with Crippen LogP contribution in [0.4, 0.5) is 0 Å². The Morgan fingerprint density at radius 3 is 1.25 bits per heavy atom. The monoisotopic (exact) mass is 304 g/mol. The fraction of sp³-hybridized carbons (Fsp3) is 0. The number of hydrogen-bond donors (Lipinski definition) is 0. The summed E-state index contributed by atoms with van der Waals surface area (Å²) in [7, 11) is 0. The Labute approximate surface area is 117 Å². The molecule has 0 heterocycles. The third-order valence-corrected chi connectivity index (χ3v) is 0.985.